The molecule has 3 heteroatoms. The van der Waals surface area contributed by atoms with Crippen molar-refractivity contribution < 1.29 is 4.79 Å². The second-order valence-electron chi connectivity index (χ2n) is 5.88. The van der Waals surface area contributed by atoms with E-state index in [9.17, 15) is 4.79 Å². The Morgan fingerprint density at radius 1 is 1.19 bits per heavy atom. The number of hydrogen-bond donors (Lipinski definition) is 0. The number of aromatic nitrogens is 1. The molecule has 21 heavy (non-hydrogen) atoms. The highest BCUT2D eigenvalue weighted by Crippen LogP contribution is 2.19. The lowest BCUT2D eigenvalue weighted by Crippen LogP contribution is -2.38. The standard InChI is InChI=1S/C18H24N2O/c1-13-11-16(14(2)20(13)5)18(21)17(19(3)4)12-15-9-7-6-8-10-15/h6-11,17H,12H2,1-5H3/t17-/m1/s1. The number of hydrogen-bond acceptors (Lipinski definition) is 2. The Morgan fingerprint density at radius 2 is 1.81 bits per heavy atom. The first kappa shape index (κ1) is 15.5. The molecule has 0 saturated heterocycles. The predicted molar refractivity (Wildman–Crippen MR) is 86.8 cm³/mol. The Labute approximate surface area is 127 Å². The molecule has 0 aliphatic heterocycles. The van der Waals surface area contributed by atoms with Crippen LogP contribution in [0.3, 0.4) is 0 Å². The summed E-state index contributed by atoms with van der Waals surface area (Å²) in [7, 11) is 5.94. The first-order valence-electron chi connectivity index (χ1n) is 7.29. The third-order valence-electron chi connectivity index (χ3n) is 4.24. The van der Waals surface area contributed by atoms with Crippen LogP contribution in [0.25, 0.3) is 0 Å². The van der Waals surface area contributed by atoms with E-state index in [1.165, 1.54) is 5.56 Å². The van der Waals surface area contributed by atoms with Crippen molar-refractivity contribution in [3.05, 3.63) is 58.9 Å². The lowest BCUT2D eigenvalue weighted by atomic mass is 9.97. The van der Waals surface area contributed by atoms with E-state index < -0.39 is 0 Å². The van der Waals surface area contributed by atoms with Gasteiger partial charge in [-0.25, -0.2) is 0 Å². The molecule has 0 aliphatic carbocycles. The fourth-order valence-corrected chi connectivity index (χ4v) is 2.63. The van der Waals surface area contributed by atoms with Crippen LogP contribution in [0.15, 0.2) is 36.4 Å². The van der Waals surface area contributed by atoms with Gasteiger partial charge in [-0.15, -0.1) is 0 Å². The van der Waals surface area contributed by atoms with Crippen LogP contribution >= 0.6 is 0 Å². The van der Waals surface area contributed by atoms with E-state index in [-0.39, 0.29) is 11.8 Å². The summed E-state index contributed by atoms with van der Waals surface area (Å²) in [5.41, 5.74) is 4.19. The van der Waals surface area contributed by atoms with Crippen molar-refractivity contribution in [1.29, 1.82) is 0 Å². The van der Waals surface area contributed by atoms with Crippen molar-refractivity contribution in [3.63, 3.8) is 0 Å². The van der Waals surface area contributed by atoms with E-state index in [1.54, 1.807) is 0 Å². The molecule has 112 valence electrons. The third kappa shape index (κ3) is 3.24. The Hall–Kier alpha value is -1.87. The predicted octanol–water partition coefficient (Wildman–Crippen LogP) is 3.00. The van der Waals surface area contributed by atoms with Crippen LogP contribution in [-0.4, -0.2) is 35.4 Å². The quantitative estimate of drug-likeness (QED) is 0.789. The number of carbonyl (C=O) groups excluding carboxylic acids is 1. The normalized spacial score (nSPS) is 12.7. The molecule has 1 aromatic carbocycles. The highest BCUT2D eigenvalue weighted by Gasteiger charge is 2.25. The Morgan fingerprint density at radius 3 is 2.29 bits per heavy atom. The summed E-state index contributed by atoms with van der Waals surface area (Å²) in [6.07, 6.45) is 0.736. The van der Waals surface area contributed by atoms with Gasteiger partial charge in [-0.05, 0) is 46.0 Å². The summed E-state index contributed by atoms with van der Waals surface area (Å²) >= 11 is 0. The average Bonchev–Trinajstić information content (AvgIpc) is 2.72. The van der Waals surface area contributed by atoms with Crippen LogP contribution in [0.5, 0.6) is 0 Å². The zero-order chi connectivity index (χ0) is 15.6. The Bertz CT molecular complexity index is 626. The minimum absolute atomic E-state index is 0.132. The lowest BCUT2D eigenvalue weighted by Gasteiger charge is -2.23. The van der Waals surface area contributed by atoms with Gasteiger partial charge in [0.1, 0.15) is 0 Å². The number of nitrogens with zero attached hydrogens (tertiary/aromatic N) is 2. The smallest absolute Gasteiger partial charge is 0.182 e. The van der Waals surface area contributed by atoms with Gasteiger partial charge in [0.2, 0.25) is 0 Å². The molecule has 0 spiro atoms. The van der Waals surface area contributed by atoms with E-state index >= 15 is 0 Å². The van der Waals surface area contributed by atoms with Crippen LogP contribution in [-0.2, 0) is 13.5 Å². The van der Waals surface area contributed by atoms with Gasteiger partial charge in [0.25, 0.3) is 0 Å². The van der Waals surface area contributed by atoms with Crippen LogP contribution < -0.4 is 0 Å². The van der Waals surface area contributed by atoms with E-state index in [1.807, 2.05) is 64.2 Å². The molecule has 0 N–H and O–H groups in total. The summed E-state index contributed by atoms with van der Waals surface area (Å²) in [6.45, 7) is 4.04. The number of Topliss-reactive ketones (excluding diaryl/α,β-unsaturated/α-hetero) is 1. The van der Waals surface area contributed by atoms with Crippen molar-refractivity contribution in [2.75, 3.05) is 14.1 Å². The summed E-state index contributed by atoms with van der Waals surface area (Å²) in [5, 5.41) is 0. The number of ketones is 1. The number of aryl methyl sites for hydroxylation is 1. The number of likely N-dealkylation sites (N-methyl/N-ethyl adjacent to an activating group) is 1. The molecule has 1 atom stereocenters. The van der Waals surface area contributed by atoms with Crippen LogP contribution in [0.1, 0.15) is 27.3 Å². The third-order valence-corrected chi connectivity index (χ3v) is 4.24. The van der Waals surface area contributed by atoms with Crippen LogP contribution in [0, 0.1) is 13.8 Å². The second kappa shape index (κ2) is 6.27. The number of benzene rings is 1. The molecule has 2 aromatic rings. The first-order chi connectivity index (χ1) is 9.91. The average molecular weight is 284 g/mol. The zero-order valence-electron chi connectivity index (χ0n) is 13.6. The monoisotopic (exact) mass is 284 g/mol. The molecule has 1 aromatic heterocycles. The van der Waals surface area contributed by atoms with Crippen molar-refractivity contribution >= 4 is 5.78 Å². The molecule has 0 radical (unpaired) electrons. The highest BCUT2D eigenvalue weighted by atomic mass is 16.1. The minimum atomic E-state index is -0.132. The van der Waals surface area contributed by atoms with Crippen molar-refractivity contribution in [3.8, 4) is 0 Å². The zero-order valence-corrected chi connectivity index (χ0v) is 13.6. The lowest BCUT2D eigenvalue weighted by molar-refractivity contribution is 0.0874. The summed E-state index contributed by atoms with van der Waals surface area (Å²) in [6, 6.07) is 12.1. The van der Waals surface area contributed by atoms with Crippen molar-refractivity contribution in [2.24, 2.45) is 7.05 Å². The summed E-state index contributed by atoms with van der Waals surface area (Å²) in [5.74, 6) is 0.199. The van der Waals surface area contributed by atoms with Crippen molar-refractivity contribution in [2.45, 2.75) is 26.3 Å². The molecule has 0 aliphatic rings. The number of carbonyl (C=O) groups is 1. The number of rotatable bonds is 5. The fourth-order valence-electron chi connectivity index (χ4n) is 2.63. The summed E-state index contributed by atoms with van der Waals surface area (Å²) < 4.78 is 2.07. The Kier molecular flexibility index (Phi) is 4.63. The van der Waals surface area contributed by atoms with Crippen LogP contribution in [0.2, 0.25) is 0 Å². The maximum absolute atomic E-state index is 12.9. The fraction of sp³-hybridized carbons (Fsp3) is 0.389. The highest BCUT2D eigenvalue weighted by molar-refractivity contribution is 6.01. The Balaban J connectivity index is 2.30. The van der Waals surface area contributed by atoms with Gasteiger partial charge < -0.3 is 4.57 Å². The molecule has 0 amide bonds. The largest absolute Gasteiger partial charge is 0.351 e. The molecular formula is C18H24N2O. The van der Waals surface area contributed by atoms with Gasteiger partial charge in [0.15, 0.2) is 5.78 Å². The maximum atomic E-state index is 12.9. The van der Waals surface area contributed by atoms with Gasteiger partial charge >= 0.3 is 0 Å². The van der Waals surface area contributed by atoms with Gasteiger partial charge in [-0.3, -0.25) is 9.69 Å². The van der Waals surface area contributed by atoms with Crippen LogP contribution in [0.4, 0.5) is 0 Å². The van der Waals surface area contributed by atoms with E-state index in [0.29, 0.717) is 0 Å². The first-order valence-corrected chi connectivity index (χ1v) is 7.29. The molecule has 2 rings (SSSR count). The van der Waals surface area contributed by atoms with Gasteiger partial charge in [-0.1, -0.05) is 30.3 Å². The minimum Gasteiger partial charge on any atom is -0.351 e. The molecule has 3 nitrogen and oxygen atoms in total. The molecule has 0 fully saturated rings. The maximum Gasteiger partial charge on any atom is 0.182 e. The van der Waals surface area contributed by atoms with Gasteiger partial charge in [0, 0.05) is 24.0 Å². The SMILES string of the molecule is Cc1cc(C(=O)[C@@H](Cc2ccccc2)N(C)C)c(C)n1C. The molecule has 0 bridgehead atoms. The van der Waals surface area contributed by atoms with Crippen molar-refractivity contribution in [1.82, 2.24) is 9.47 Å². The van der Waals surface area contributed by atoms with Gasteiger partial charge in [0.05, 0.1) is 6.04 Å². The molecular weight excluding hydrogens is 260 g/mol. The van der Waals surface area contributed by atoms with E-state index in [2.05, 4.69) is 16.7 Å². The topological polar surface area (TPSA) is 25.2 Å². The molecule has 0 unspecified atom stereocenters. The van der Waals surface area contributed by atoms with E-state index in [0.717, 1.165) is 23.4 Å². The summed E-state index contributed by atoms with van der Waals surface area (Å²) in [4.78, 5) is 14.9. The van der Waals surface area contributed by atoms with Gasteiger partial charge in [-0.2, -0.15) is 0 Å². The van der Waals surface area contributed by atoms with E-state index in [4.69, 9.17) is 0 Å². The molecule has 0 saturated carbocycles. The molecule has 1 heterocycles. The second-order valence-corrected chi connectivity index (χ2v) is 5.88.